The van der Waals surface area contributed by atoms with E-state index in [2.05, 4.69) is 119 Å². The van der Waals surface area contributed by atoms with Gasteiger partial charge in [-0.15, -0.1) is 0 Å². The summed E-state index contributed by atoms with van der Waals surface area (Å²) in [5.74, 6) is 5.75. The summed E-state index contributed by atoms with van der Waals surface area (Å²) in [6, 6.07) is 7.32. The number of nitrogens with one attached hydrogen (secondary N) is 4. The average molecular weight is 1260 g/mol. The van der Waals surface area contributed by atoms with Crippen molar-refractivity contribution in [3.8, 4) is 0 Å². The molecule has 29 heteroatoms. The van der Waals surface area contributed by atoms with Gasteiger partial charge in [0, 0.05) is 146 Å². The number of piperidine rings is 1. The minimum atomic E-state index is -0.452. The number of hydrogen-bond acceptors (Lipinski definition) is 25. The largest absolute Gasteiger partial charge is 0.464 e. The molecule has 17 rings (SSSR count). The van der Waals surface area contributed by atoms with Crippen LogP contribution in [0.15, 0.2) is 98.6 Å². The molecule has 12 aromatic heterocycles. The van der Waals surface area contributed by atoms with Crippen molar-refractivity contribution in [3.63, 3.8) is 0 Å². The zero-order valence-corrected chi connectivity index (χ0v) is 51.3. The molecule has 0 aromatic carbocycles. The van der Waals surface area contributed by atoms with E-state index in [9.17, 15) is 9.59 Å². The first-order chi connectivity index (χ1) is 43.2. The molecule has 1 aliphatic heterocycles. The highest BCUT2D eigenvalue weighted by Gasteiger charge is 2.31. The number of aliphatic hydroxyl groups is 1. The summed E-state index contributed by atoms with van der Waals surface area (Å²) in [7, 11) is 1.33. The van der Waals surface area contributed by atoms with Crippen LogP contribution in [0.25, 0.3) is 22.6 Å². The van der Waals surface area contributed by atoms with Crippen molar-refractivity contribution < 1.29 is 19.4 Å². The lowest BCUT2D eigenvalue weighted by atomic mass is 10.0. The van der Waals surface area contributed by atoms with E-state index in [-0.39, 0.29) is 12.3 Å². The topological polar surface area (TPSA) is 287 Å². The third kappa shape index (κ3) is 12.8. The fourth-order valence-corrected chi connectivity index (χ4v) is 13.3. The van der Waals surface area contributed by atoms with E-state index in [1.807, 2.05) is 61.8 Å². The smallest absolute Gasteiger partial charge is 0.357 e. The number of nitrogens with zero attached hydrogens (tertiary/aromatic N) is 17. The minimum Gasteiger partial charge on any atom is -0.464 e. The van der Waals surface area contributed by atoms with E-state index in [1.54, 1.807) is 30.7 Å². The minimum absolute atomic E-state index is 0.0506. The number of imidazole rings is 4. The average Bonchev–Trinajstić information content (AvgIpc) is 4.70. The summed E-state index contributed by atoms with van der Waals surface area (Å²) in [6.07, 6.45) is 36.0. The summed E-state index contributed by atoms with van der Waals surface area (Å²) in [5.41, 5.74) is 10.8. The van der Waals surface area contributed by atoms with Crippen LogP contribution in [-0.4, -0.2) is 117 Å². The number of aldehydes is 1. The van der Waals surface area contributed by atoms with Gasteiger partial charge in [0.15, 0.2) is 57.8 Å². The lowest BCUT2D eigenvalue weighted by molar-refractivity contribution is 0.0595. The molecular weight excluding hydrogens is 1200 g/mol. The second kappa shape index (κ2) is 25.2. The Hall–Kier alpha value is -8.74. The van der Waals surface area contributed by atoms with E-state index in [4.69, 9.17) is 5.11 Å². The second-order valence-corrected chi connectivity index (χ2v) is 25.7. The normalized spacial score (nSPS) is 16.6. The van der Waals surface area contributed by atoms with E-state index in [0.717, 1.165) is 72.9 Å². The van der Waals surface area contributed by atoms with Crippen LogP contribution in [0.3, 0.4) is 0 Å². The Bertz CT molecular complexity index is 4430. The number of fused-ring (bicyclic) bond motifs is 4. The summed E-state index contributed by atoms with van der Waals surface area (Å²) in [5, 5.41) is 25.4. The van der Waals surface area contributed by atoms with Crippen LogP contribution in [0.1, 0.15) is 150 Å². The number of aliphatic hydroxyl groups excluding tert-OH is 1. The third-order valence-corrected chi connectivity index (χ3v) is 18.6. The molecule has 5 N–H and O–H groups in total. The van der Waals surface area contributed by atoms with Gasteiger partial charge in [-0.1, -0.05) is 6.92 Å². The Morgan fingerprint density at radius 3 is 1.33 bits per heavy atom. The number of ether oxygens (including phenoxy) is 1. The molecule has 25 nitrogen and oxygen atoms in total. The SMILES string of the molecule is CC1CCCN(Cc2cc(Nc3nccn4c(C5CC5)cnc34)sn2)C1.COC(=O)c1cc(Nc2nccn3c(C4CC4)cnc23)sn1.O=Cc1cc(Nc2nccn3c(C4CC4)cnc23)sn1.OCc1cc(Nc2nccn3c(C4CC4)cnc23)sn1. The van der Waals surface area contributed by atoms with Crippen molar-refractivity contribution >= 4 is 124 Å². The highest BCUT2D eigenvalue weighted by atomic mass is 32.1. The summed E-state index contributed by atoms with van der Waals surface area (Å²) in [4.78, 5) is 60.1. The first-order valence-electron chi connectivity index (χ1n) is 29.3. The van der Waals surface area contributed by atoms with Gasteiger partial charge in [0.25, 0.3) is 0 Å². The molecule has 12 aromatic rings. The molecule has 0 bridgehead atoms. The monoisotopic (exact) mass is 1260 g/mol. The molecule has 1 atom stereocenters. The van der Waals surface area contributed by atoms with Gasteiger partial charge < -0.3 is 31.1 Å². The predicted molar refractivity (Wildman–Crippen MR) is 338 cm³/mol. The van der Waals surface area contributed by atoms with Gasteiger partial charge in [0.2, 0.25) is 0 Å². The zero-order chi connectivity index (χ0) is 59.7. The number of anilines is 8. The van der Waals surface area contributed by atoms with E-state index < -0.39 is 5.97 Å². The number of likely N-dealkylation sites (tertiary alicyclic amines) is 1. The lowest BCUT2D eigenvalue weighted by Crippen LogP contribution is -2.33. The maximum absolute atomic E-state index is 11.4. The van der Waals surface area contributed by atoms with Crippen molar-refractivity contribution in [1.82, 2.24) is 79.9 Å². The standard InChI is InChI=1S/C19H24N6S.C14H13N5O2S.C13H13N5OS.C13H11N5OS/c1-13-3-2-7-24(11-13)12-15-9-17(26-23-15)22-18-19-21-10-16(14-4-5-14)25(19)8-6-20-18;1-21-14(20)9-6-11(22-18-9)17-12-13-16-7-10(8-2-3-8)19(13)5-4-15-12;2*19-7-9-5-11(20-17-9)16-12-13-15-6-10(8-1-2-8)18(13)4-3-14-12/h6,8-10,13-14H,2-5,7,11-12H2,1H3,(H,20,22);4-8H,2-3H2,1H3,(H,15,17);3-6,8,19H,1-2,7H2,(H,14,16);3-8H,1-2H2,(H,14,16). The Morgan fingerprint density at radius 1 is 0.545 bits per heavy atom. The molecular formula is C59H61N21O4S4. The van der Waals surface area contributed by atoms with Crippen LogP contribution < -0.4 is 21.3 Å². The molecule has 1 unspecified atom stereocenters. The van der Waals surface area contributed by atoms with E-state index in [0.29, 0.717) is 52.5 Å². The number of rotatable bonds is 17. The molecule has 4 aliphatic carbocycles. The van der Waals surface area contributed by atoms with Gasteiger partial charge in [-0.05, 0) is 135 Å². The number of carbonyl (C=O) groups excluding carboxylic acids is 2. The molecule has 5 fully saturated rings. The van der Waals surface area contributed by atoms with E-state index in [1.165, 1.54) is 153 Å². The first-order valence-corrected chi connectivity index (χ1v) is 32.4. The molecule has 1 saturated heterocycles. The summed E-state index contributed by atoms with van der Waals surface area (Å²) < 4.78 is 29.9. The fraction of sp³-hybridized carbons (Fsp3) is 0.356. The third-order valence-electron chi connectivity index (χ3n) is 15.7. The number of methoxy groups -OCH3 is 1. The maximum Gasteiger partial charge on any atom is 0.357 e. The molecule has 13 heterocycles. The fourth-order valence-electron chi connectivity index (χ4n) is 10.8. The summed E-state index contributed by atoms with van der Waals surface area (Å²) >= 11 is 5.22. The number of esters is 1. The lowest BCUT2D eigenvalue weighted by Gasteiger charge is -2.30. The molecule has 0 amide bonds. The van der Waals surface area contributed by atoms with Crippen molar-refractivity contribution in [2.75, 3.05) is 41.5 Å². The maximum atomic E-state index is 11.4. The predicted octanol–water partition coefficient (Wildman–Crippen LogP) is 11.6. The van der Waals surface area contributed by atoms with Crippen molar-refractivity contribution in [2.24, 2.45) is 5.92 Å². The molecule has 88 heavy (non-hydrogen) atoms. The van der Waals surface area contributed by atoms with Gasteiger partial charge in [-0.25, -0.2) is 44.7 Å². The van der Waals surface area contributed by atoms with Gasteiger partial charge in [-0.3, -0.25) is 27.3 Å². The van der Waals surface area contributed by atoms with Gasteiger partial charge >= 0.3 is 5.97 Å². The van der Waals surface area contributed by atoms with Crippen LogP contribution in [0.2, 0.25) is 0 Å². The van der Waals surface area contributed by atoms with Crippen LogP contribution >= 0.6 is 46.1 Å². The van der Waals surface area contributed by atoms with Crippen molar-refractivity contribution in [2.45, 2.75) is 108 Å². The highest BCUT2D eigenvalue weighted by molar-refractivity contribution is 7.11. The van der Waals surface area contributed by atoms with Crippen LogP contribution in [0, 0.1) is 5.92 Å². The summed E-state index contributed by atoms with van der Waals surface area (Å²) in [6.45, 7) is 5.59. The molecule has 5 aliphatic rings. The molecule has 4 saturated carbocycles. The molecule has 0 spiro atoms. The van der Waals surface area contributed by atoms with Crippen molar-refractivity contribution in [1.29, 1.82) is 0 Å². The number of aromatic nitrogens is 16. The van der Waals surface area contributed by atoms with Gasteiger partial charge in [0.05, 0.1) is 25.1 Å². The van der Waals surface area contributed by atoms with E-state index >= 15 is 0 Å². The van der Waals surface area contributed by atoms with Gasteiger partial charge in [0.1, 0.15) is 25.7 Å². The zero-order valence-electron chi connectivity index (χ0n) is 48.0. The van der Waals surface area contributed by atoms with Crippen LogP contribution in [0.4, 0.5) is 43.3 Å². The Labute approximate surface area is 520 Å². The Kier molecular flexibility index (Phi) is 16.3. The molecule has 0 radical (unpaired) electrons. The van der Waals surface area contributed by atoms with Crippen LogP contribution in [-0.2, 0) is 17.9 Å². The quantitative estimate of drug-likeness (QED) is 0.0418. The molecule has 450 valence electrons. The van der Waals surface area contributed by atoms with Crippen molar-refractivity contribution in [3.05, 3.63) is 144 Å². The van der Waals surface area contributed by atoms with Crippen LogP contribution in [0.5, 0.6) is 0 Å². The number of hydrogen-bond donors (Lipinski definition) is 5. The first kappa shape index (κ1) is 57.0. The Morgan fingerprint density at radius 2 is 0.943 bits per heavy atom. The highest BCUT2D eigenvalue weighted by Crippen LogP contribution is 2.44. The Balaban J connectivity index is 0.000000104. The van der Waals surface area contributed by atoms with Gasteiger partial charge in [-0.2, -0.15) is 17.5 Å². The number of carbonyl (C=O) groups is 2. The second-order valence-electron chi connectivity index (χ2n) is 22.5.